The fourth-order valence-electron chi connectivity index (χ4n) is 0.224. The summed E-state index contributed by atoms with van der Waals surface area (Å²) in [5.41, 5.74) is 0. The second-order valence-electron chi connectivity index (χ2n) is 1.35. The Morgan fingerprint density at radius 3 is 1.20 bits per heavy atom. The molecule has 0 aliphatic heterocycles. The highest BCUT2D eigenvalue weighted by atomic mass is 19.5. The largest absolute Gasteiger partial charge is 0.673 e. The lowest BCUT2D eigenvalue weighted by Crippen LogP contribution is -2.02. The minimum Gasteiger partial charge on any atom is -0.434 e. The Labute approximate surface area is 57.5 Å². The Bertz CT molecular complexity index is 56.8. The third-order valence-corrected chi connectivity index (χ3v) is 0.447. The number of halogens is 4. The number of aliphatic hydroxyl groups is 2. The van der Waals surface area contributed by atoms with Crippen LogP contribution in [0.1, 0.15) is 13.8 Å². The molecule has 1 N–H and O–H groups in total. The van der Waals surface area contributed by atoms with Gasteiger partial charge in [-0.2, -0.15) is 0 Å². The highest BCUT2D eigenvalue weighted by Gasteiger charge is 2.20. The second-order valence-corrected chi connectivity index (χ2v) is 1.35. The van der Waals surface area contributed by atoms with Gasteiger partial charge in [-0.1, -0.05) is 0 Å². The molecule has 0 saturated heterocycles. The Morgan fingerprint density at radius 2 is 1.20 bits per heavy atom. The summed E-state index contributed by atoms with van der Waals surface area (Å²) in [5.74, 6) is 0. The fourth-order valence-corrected chi connectivity index (χ4v) is 0.224. The summed E-state index contributed by atoms with van der Waals surface area (Å²) in [7, 11) is -6.00. The van der Waals surface area contributed by atoms with Gasteiger partial charge >= 0.3 is 7.25 Å². The maximum absolute atomic E-state index is 9.75. The van der Waals surface area contributed by atoms with E-state index in [1.54, 1.807) is 0 Å². The Balaban J connectivity index is 0. The van der Waals surface area contributed by atoms with Crippen molar-refractivity contribution in [2.45, 2.75) is 13.8 Å². The van der Waals surface area contributed by atoms with E-state index in [0.29, 0.717) is 0 Å². The van der Waals surface area contributed by atoms with E-state index in [9.17, 15) is 17.3 Å². The van der Waals surface area contributed by atoms with Gasteiger partial charge < -0.3 is 22.0 Å². The predicted molar refractivity (Wildman–Crippen MR) is 33.5 cm³/mol. The highest BCUT2D eigenvalue weighted by molar-refractivity contribution is 6.50. The van der Waals surface area contributed by atoms with Crippen LogP contribution in [0.15, 0.2) is 0 Å². The summed E-state index contributed by atoms with van der Waals surface area (Å²) in [5, 5.41) is 0. The van der Waals surface area contributed by atoms with Crippen molar-refractivity contribution in [3.63, 3.8) is 0 Å². The van der Waals surface area contributed by atoms with Crippen LogP contribution in [-0.4, -0.2) is 25.2 Å². The average molecular weight is 162 g/mol. The van der Waals surface area contributed by atoms with Crippen molar-refractivity contribution >= 4 is 7.25 Å². The van der Waals surface area contributed by atoms with E-state index < -0.39 is 7.25 Å². The summed E-state index contributed by atoms with van der Waals surface area (Å²) < 4.78 is 43.0. The van der Waals surface area contributed by atoms with Gasteiger partial charge in [-0.15, -0.1) is 0 Å². The zero-order valence-corrected chi connectivity index (χ0v) is 5.95. The number of hydrogen-bond acceptors (Lipinski definition) is 0. The minimum absolute atomic E-state index is 0.969. The van der Waals surface area contributed by atoms with Crippen LogP contribution < -0.4 is 0 Å². The molecule has 0 unspecified atom stereocenters. The minimum atomic E-state index is -6.00. The third kappa shape index (κ3) is 116. The van der Waals surface area contributed by atoms with Crippen LogP contribution in [0.5, 0.6) is 0 Å². The van der Waals surface area contributed by atoms with Crippen LogP contribution in [0.25, 0.3) is 0 Å². The number of rotatable bonds is 2. The molecule has 0 aromatic rings. The van der Waals surface area contributed by atoms with Crippen molar-refractivity contribution in [1.29, 1.82) is 0 Å². The first-order valence-corrected chi connectivity index (χ1v) is 2.92. The van der Waals surface area contributed by atoms with Crippen LogP contribution in [0, 0.1) is 0 Å². The number of hydrogen-bond donors (Lipinski definition) is 0. The van der Waals surface area contributed by atoms with Crippen molar-refractivity contribution in [3.05, 3.63) is 0 Å². The first-order chi connectivity index (χ1) is 4.41. The van der Waals surface area contributed by atoms with Gasteiger partial charge in [-0.3, -0.25) is 0 Å². The molecule has 0 radical (unpaired) electrons. The van der Waals surface area contributed by atoms with E-state index in [-0.39, 0.29) is 0 Å². The van der Waals surface area contributed by atoms with Gasteiger partial charge in [0.2, 0.25) is 0 Å². The van der Waals surface area contributed by atoms with Gasteiger partial charge in [0, 0.05) is 13.8 Å². The molecule has 1 nitrogen and oxygen atoms in total. The quantitative estimate of drug-likeness (QED) is 0.334. The standard InChI is InChI=1S/C4H10O.BF4/c1-3-5-4-2;2-1(3,4)5/h3-4H2,1-2H3;/q;-1/p+1. The molecular formula is C4H11BF4O. The lowest BCUT2D eigenvalue weighted by molar-refractivity contribution is -0.0178. The molecule has 0 amide bonds. The van der Waals surface area contributed by atoms with Crippen LogP contribution in [0.3, 0.4) is 0 Å². The van der Waals surface area contributed by atoms with E-state index in [1.165, 1.54) is 0 Å². The molecule has 0 aromatic heterocycles. The zero-order chi connectivity index (χ0) is 8.62. The third-order valence-electron chi connectivity index (χ3n) is 0.447. The van der Waals surface area contributed by atoms with E-state index in [1.807, 2.05) is 13.8 Å². The topological polar surface area (TPSA) is 12.8 Å². The van der Waals surface area contributed by atoms with Crippen LogP contribution in [0.4, 0.5) is 17.3 Å². The smallest absolute Gasteiger partial charge is 0.434 e. The van der Waals surface area contributed by atoms with Gasteiger partial charge in [-0.05, 0) is 0 Å². The predicted octanol–water partition coefficient (Wildman–Crippen LogP) is 1.85. The molecule has 0 bridgehead atoms. The maximum atomic E-state index is 9.75. The molecule has 0 aliphatic rings. The van der Waals surface area contributed by atoms with Gasteiger partial charge in [0.15, 0.2) is 0 Å². The van der Waals surface area contributed by atoms with E-state index >= 15 is 0 Å². The fraction of sp³-hybridized carbons (Fsp3) is 1.00. The van der Waals surface area contributed by atoms with E-state index in [2.05, 4.69) is 4.74 Å². The van der Waals surface area contributed by atoms with Gasteiger partial charge in [0.1, 0.15) is 13.2 Å². The summed E-state index contributed by atoms with van der Waals surface area (Å²) in [6.45, 7) is 6.03. The van der Waals surface area contributed by atoms with E-state index in [4.69, 9.17) is 0 Å². The first kappa shape index (κ1) is 12.4. The maximum Gasteiger partial charge on any atom is 0.673 e. The highest BCUT2D eigenvalue weighted by Crippen LogP contribution is 2.06. The summed E-state index contributed by atoms with van der Waals surface area (Å²) in [6, 6.07) is 0. The van der Waals surface area contributed by atoms with Gasteiger partial charge in [0.05, 0.1) is 0 Å². The molecule has 0 aliphatic carbocycles. The van der Waals surface area contributed by atoms with Crippen molar-refractivity contribution in [1.82, 2.24) is 0 Å². The Kier molecular flexibility index (Phi) is 8.52. The molecular weight excluding hydrogens is 151 g/mol. The molecule has 6 heteroatoms. The molecule has 64 valence electrons. The molecule has 0 atom stereocenters. The molecule has 0 fully saturated rings. The van der Waals surface area contributed by atoms with Gasteiger partial charge in [-0.25, -0.2) is 0 Å². The van der Waals surface area contributed by atoms with Crippen molar-refractivity contribution < 1.29 is 22.0 Å². The molecule has 0 spiro atoms. The van der Waals surface area contributed by atoms with Crippen molar-refractivity contribution in [2.24, 2.45) is 0 Å². The Morgan fingerprint density at radius 1 is 1.00 bits per heavy atom. The number of ether oxygens (including phenoxy) is 1. The Hall–Kier alpha value is -0.255. The van der Waals surface area contributed by atoms with Crippen LogP contribution in [-0.2, 0) is 0 Å². The lowest BCUT2D eigenvalue weighted by Gasteiger charge is -1.94. The first-order valence-electron chi connectivity index (χ1n) is 2.92. The average Bonchev–Trinajstić information content (AvgIpc) is 1.63. The molecule has 0 heterocycles. The molecule has 10 heavy (non-hydrogen) atoms. The van der Waals surface area contributed by atoms with Crippen molar-refractivity contribution in [3.8, 4) is 0 Å². The second kappa shape index (κ2) is 6.86. The summed E-state index contributed by atoms with van der Waals surface area (Å²) in [6.07, 6.45) is 0. The molecule has 0 saturated carbocycles. The SMILES string of the molecule is CC[OH+]CC.F[B-](F)(F)F. The summed E-state index contributed by atoms with van der Waals surface area (Å²) in [4.78, 5) is 0. The zero-order valence-electron chi connectivity index (χ0n) is 5.95. The summed E-state index contributed by atoms with van der Waals surface area (Å²) >= 11 is 0. The molecule has 0 rings (SSSR count). The molecule has 0 aromatic carbocycles. The van der Waals surface area contributed by atoms with E-state index in [0.717, 1.165) is 13.2 Å². The van der Waals surface area contributed by atoms with Crippen LogP contribution >= 0.6 is 0 Å². The monoisotopic (exact) mass is 162 g/mol. The van der Waals surface area contributed by atoms with Crippen LogP contribution in [0.2, 0.25) is 0 Å². The van der Waals surface area contributed by atoms with Gasteiger partial charge in [0.25, 0.3) is 0 Å². The lowest BCUT2D eigenvalue weighted by atomic mass is 10.3. The normalized spacial score (nSPS) is 10.2. The van der Waals surface area contributed by atoms with Crippen molar-refractivity contribution in [2.75, 3.05) is 13.2 Å².